The number of aliphatic imine (C=N–C) groups is 1. The Morgan fingerprint density at radius 1 is 1.15 bits per heavy atom. The van der Waals surface area contributed by atoms with Gasteiger partial charge in [0.05, 0.1) is 13.2 Å². The molecule has 7 heteroatoms. The van der Waals surface area contributed by atoms with E-state index in [1.54, 1.807) is 0 Å². The first kappa shape index (κ1) is 23.9. The number of ether oxygens (including phenoxy) is 1. The van der Waals surface area contributed by atoms with Crippen LogP contribution in [0.4, 0.5) is 0 Å². The van der Waals surface area contributed by atoms with Crippen molar-refractivity contribution in [1.29, 1.82) is 5.41 Å². The van der Waals surface area contributed by atoms with E-state index in [1.807, 2.05) is 18.7 Å². The maximum Gasteiger partial charge on any atom is 0.219 e. The average molecular weight is 383 g/mol. The Balaban J connectivity index is 0.000000271. The molecule has 0 aromatic carbocycles. The molecular formula is C20H42N6O. The number of nitrogens with one attached hydrogen (secondary N) is 2. The molecular weight excluding hydrogens is 340 g/mol. The van der Waals surface area contributed by atoms with E-state index in [4.69, 9.17) is 15.9 Å². The van der Waals surface area contributed by atoms with E-state index >= 15 is 0 Å². The summed E-state index contributed by atoms with van der Waals surface area (Å²) < 4.78 is 5.18. The first-order valence-electron chi connectivity index (χ1n) is 10.0. The van der Waals surface area contributed by atoms with Gasteiger partial charge in [-0.05, 0) is 54.6 Å². The molecule has 158 valence electrons. The third-order valence-electron chi connectivity index (χ3n) is 5.04. The number of rotatable bonds is 2. The Bertz CT molecular complexity index is 491. The van der Waals surface area contributed by atoms with E-state index in [1.165, 1.54) is 12.8 Å². The summed E-state index contributed by atoms with van der Waals surface area (Å²) in [6.07, 6.45) is 2.48. The molecule has 0 atom stereocenters. The number of piperidine rings is 1. The van der Waals surface area contributed by atoms with Crippen molar-refractivity contribution in [2.45, 2.75) is 71.5 Å². The van der Waals surface area contributed by atoms with Crippen LogP contribution in [0.2, 0.25) is 0 Å². The van der Waals surface area contributed by atoms with Gasteiger partial charge in [0.15, 0.2) is 0 Å². The molecule has 0 aromatic heterocycles. The Hall–Kier alpha value is -1.18. The fourth-order valence-electron chi connectivity index (χ4n) is 3.73. The van der Waals surface area contributed by atoms with Crippen LogP contribution >= 0.6 is 0 Å². The summed E-state index contributed by atoms with van der Waals surface area (Å²) in [4.78, 5) is 8.27. The fourth-order valence-corrected chi connectivity index (χ4v) is 3.73. The normalized spacial score (nSPS) is 23.2. The van der Waals surface area contributed by atoms with Crippen LogP contribution in [0, 0.1) is 11.3 Å². The number of nitrogens with two attached hydrogens (primary N) is 1. The molecule has 2 fully saturated rings. The van der Waals surface area contributed by atoms with Gasteiger partial charge in [-0.25, -0.2) is 4.99 Å². The van der Waals surface area contributed by atoms with Crippen LogP contribution in [0.3, 0.4) is 0 Å². The van der Waals surface area contributed by atoms with Gasteiger partial charge in [-0.1, -0.05) is 13.8 Å². The van der Waals surface area contributed by atoms with Crippen molar-refractivity contribution >= 4 is 11.8 Å². The molecule has 2 heterocycles. The number of nitrogens with zero attached hydrogens (tertiary/aromatic N) is 3. The number of hydrogen-bond donors (Lipinski definition) is 3. The van der Waals surface area contributed by atoms with E-state index in [0.29, 0.717) is 25.1 Å². The molecule has 0 unspecified atom stereocenters. The second-order valence-corrected chi connectivity index (χ2v) is 9.53. The van der Waals surface area contributed by atoms with Crippen molar-refractivity contribution in [2.24, 2.45) is 16.6 Å². The SMILES string of the molecule is CC(C)/C(N)=N/C(=N)N1CCOCC1.CN(C)C1CC(C)(C)NC(C)(C)C1. The van der Waals surface area contributed by atoms with Gasteiger partial charge in [0.2, 0.25) is 5.96 Å². The predicted molar refractivity (Wildman–Crippen MR) is 115 cm³/mol. The van der Waals surface area contributed by atoms with Gasteiger partial charge in [0.25, 0.3) is 0 Å². The van der Waals surface area contributed by atoms with Gasteiger partial charge >= 0.3 is 0 Å². The summed E-state index contributed by atoms with van der Waals surface area (Å²) >= 11 is 0. The van der Waals surface area contributed by atoms with Crippen LogP contribution in [-0.4, -0.2) is 79.1 Å². The molecule has 7 nitrogen and oxygen atoms in total. The molecule has 0 amide bonds. The quantitative estimate of drug-likeness (QED) is 0.503. The third kappa shape index (κ3) is 8.58. The highest BCUT2D eigenvalue weighted by Crippen LogP contribution is 2.30. The lowest BCUT2D eigenvalue weighted by molar-refractivity contribution is 0.0672. The highest BCUT2D eigenvalue weighted by Gasteiger charge is 2.38. The van der Waals surface area contributed by atoms with Gasteiger partial charge in [-0.3, -0.25) is 5.41 Å². The van der Waals surface area contributed by atoms with E-state index in [2.05, 4.69) is 57.0 Å². The van der Waals surface area contributed by atoms with E-state index in [-0.39, 0.29) is 23.0 Å². The smallest absolute Gasteiger partial charge is 0.219 e. The van der Waals surface area contributed by atoms with Crippen LogP contribution in [0.25, 0.3) is 0 Å². The second-order valence-electron chi connectivity index (χ2n) is 9.53. The Morgan fingerprint density at radius 2 is 1.63 bits per heavy atom. The van der Waals surface area contributed by atoms with Gasteiger partial charge in [-0.2, -0.15) is 0 Å². The van der Waals surface area contributed by atoms with Crippen molar-refractivity contribution in [3.05, 3.63) is 0 Å². The molecule has 2 aliphatic rings. The molecule has 0 spiro atoms. The van der Waals surface area contributed by atoms with E-state index < -0.39 is 0 Å². The Morgan fingerprint density at radius 3 is 2.04 bits per heavy atom. The van der Waals surface area contributed by atoms with Gasteiger partial charge in [-0.15, -0.1) is 0 Å². The summed E-state index contributed by atoms with van der Waals surface area (Å²) in [5.41, 5.74) is 6.22. The number of morpholine rings is 1. The average Bonchev–Trinajstić information content (AvgIpc) is 2.53. The minimum Gasteiger partial charge on any atom is -0.387 e. The minimum absolute atomic E-state index is 0.191. The summed E-state index contributed by atoms with van der Waals surface area (Å²) in [5, 5.41) is 11.4. The zero-order valence-corrected chi connectivity index (χ0v) is 18.7. The van der Waals surface area contributed by atoms with Crippen LogP contribution < -0.4 is 11.1 Å². The zero-order chi connectivity index (χ0) is 20.8. The van der Waals surface area contributed by atoms with Gasteiger partial charge in [0, 0.05) is 36.1 Å². The molecule has 0 saturated carbocycles. The first-order chi connectivity index (χ1) is 12.3. The molecule has 2 aliphatic heterocycles. The maximum atomic E-state index is 7.71. The van der Waals surface area contributed by atoms with Crippen LogP contribution in [0.5, 0.6) is 0 Å². The molecule has 0 aromatic rings. The lowest BCUT2D eigenvalue weighted by Gasteiger charge is -2.48. The minimum atomic E-state index is 0.191. The third-order valence-corrected chi connectivity index (χ3v) is 5.04. The summed E-state index contributed by atoms with van der Waals surface area (Å²) in [6.45, 7) is 15.9. The van der Waals surface area contributed by atoms with Crippen molar-refractivity contribution in [2.75, 3.05) is 40.4 Å². The lowest BCUT2D eigenvalue weighted by Crippen LogP contribution is -2.61. The first-order valence-corrected chi connectivity index (χ1v) is 10.0. The van der Waals surface area contributed by atoms with Crippen molar-refractivity contribution in [1.82, 2.24) is 15.1 Å². The molecule has 0 bridgehead atoms. The standard InChI is InChI=1S/C11H24N2.C9H18N4O/c1-10(2)7-9(13(5)6)8-11(3,4)12-10;1-7(2)8(10)12-9(11)13-3-5-14-6-4-13/h9,12H,7-8H2,1-6H3;7H,3-6H2,1-2H3,(H3,10,11,12). The lowest BCUT2D eigenvalue weighted by atomic mass is 9.79. The van der Waals surface area contributed by atoms with Gasteiger partial charge in [0.1, 0.15) is 5.84 Å². The van der Waals surface area contributed by atoms with Gasteiger partial charge < -0.3 is 25.6 Å². The molecule has 27 heavy (non-hydrogen) atoms. The monoisotopic (exact) mass is 382 g/mol. The summed E-state index contributed by atoms with van der Waals surface area (Å²) in [6, 6.07) is 0.714. The van der Waals surface area contributed by atoms with Crippen LogP contribution in [0.1, 0.15) is 54.4 Å². The Labute approximate surface area is 166 Å². The van der Waals surface area contributed by atoms with Crippen LogP contribution in [-0.2, 0) is 4.74 Å². The van der Waals surface area contributed by atoms with Crippen molar-refractivity contribution in [3.8, 4) is 0 Å². The number of hydrogen-bond acceptors (Lipinski definition) is 4. The largest absolute Gasteiger partial charge is 0.387 e. The van der Waals surface area contributed by atoms with Crippen LogP contribution in [0.15, 0.2) is 4.99 Å². The summed E-state index contributed by atoms with van der Waals surface area (Å²) in [5.74, 6) is 0.956. The molecule has 4 N–H and O–H groups in total. The Kier molecular flexibility index (Phi) is 8.70. The number of guanidine groups is 1. The molecule has 0 radical (unpaired) electrons. The number of amidine groups is 1. The van der Waals surface area contributed by atoms with E-state index in [9.17, 15) is 0 Å². The molecule has 2 saturated heterocycles. The predicted octanol–water partition coefficient (Wildman–Crippen LogP) is 2.12. The fraction of sp³-hybridized carbons (Fsp3) is 0.900. The van der Waals surface area contributed by atoms with Crippen molar-refractivity contribution < 1.29 is 4.74 Å². The second kappa shape index (κ2) is 9.85. The highest BCUT2D eigenvalue weighted by atomic mass is 16.5. The van der Waals surface area contributed by atoms with E-state index in [0.717, 1.165) is 13.1 Å². The topological polar surface area (TPSA) is 90.0 Å². The highest BCUT2D eigenvalue weighted by molar-refractivity contribution is 5.94. The molecule has 2 rings (SSSR count). The maximum absolute atomic E-state index is 7.71. The summed E-state index contributed by atoms with van der Waals surface area (Å²) in [7, 11) is 4.37. The zero-order valence-electron chi connectivity index (χ0n) is 18.7. The molecule has 0 aliphatic carbocycles. The van der Waals surface area contributed by atoms with Crippen molar-refractivity contribution in [3.63, 3.8) is 0 Å².